The van der Waals surface area contributed by atoms with Gasteiger partial charge in [0.15, 0.2) is 5.96 Å². The molecular formula is C23H31IN4O3. The normalized spacial score (nSPS) is 27.2. The van der Waals surface area contributed by atoms with Gasteiger partial charge in [0.1, 0.15) is 5.75 Å². The van der Waals surface area contributed by atoms with Crippen molar-refractivity contribution < 1.29 is 14.3 Å². The summed E-state index contributed by atoms with van der Waals surface area (Å²) in [5.74, 6) is 1.98. The Morgan fingerprint density at radius 2 is 1.81 bits per heavy atom. The van der Waals surface area contributed by atoms with Gasteiger partial charge < -0.3 is 15.4 Å². The monoisotopic (exact) mass is 538 g/mol. The van der Waals surface area contributed by atoms with E-state index in [0.717, 1.165) is 17.7 Å². The van der Waals surface area contributed by atoms with E-state index in [9.17, 15) is 9.59 Å². The number of amides is 2. The van der Waals surface area contributed by atoms with Crippen LogP contribution in [0.4, 0.5) is 0 Å². The van der Waals surface area contributed by atoms with Crippen molar-refractivity contribution in [3.63, 3.8) is 0 Å². The van der Waals surface area contributed by atoms with Crippen molar-refractivity contribution in [2.45, 2.75) is 19.3 Å². The molecule has 2 amide bonds. The third kappa shape index (κ3) is 4.44. The van der Waals surface area contributed by atoms with E-state index >= 15 is 0 Å². The Morgan fingerprint density at radius 1 is 1.16 bits per heavy atom. The molecule has 0 spiro atoms. The molecule has 168 valence electrons. The van der Waals surface area contributed by atoms with Crippen LogP contribution in [0.2, 0.25) is 0 Å². The first-order valence-corrected chi connectivity index (χ1v) is 10.7. The van der Waals surface area contributed by atoms with Crippen LogP contribution >= 0.6 is 24.0 Å². The topological polar surface area (TPSA) is 83.0 Å². The van der Waals surface area contributed by atoms with Gasteiger partial charge in [-0.3, -0.25) is 19.5 Å². The van der Waals surface area contributed by atoms with Crippen molar-refractivity contribution in [3.05, 3.63) is 42.0 Å². The number of benzene rings is 1. The number of aliphatic imine (C=N–C) groups is 1. The SMILES string of the molecule is CN=C(NCCN1C(=O)C2C3C=CC(C3)C2C1=O)NCC(C)c1ccccc1OC.I. The maximum absolute atomic E-state index is 12.8. The van der Waals surface area contributed by atoms with Gasteiger partial charge >= 0.3 is 0 Å². The summed E-state index contributed by atoms with van der Waals surface area (Å²) >= 11 is 0. The number of nitrogens with one attached hydrogen (secondary N) is 2. The predicted octanol–water partition coefficient (Wildman–Crippen LogP) is 2.39. The molecule has 1 saturated carbocycles. The zero-order chi connectivity index (χ0) is 21.3. The minimum atomic E-state index is -0.133. The van der Waals surface area contributed by atoms with Gasteiger partial charge in [-0.25, -0.2) is 0 Å². The molecule has 5 atom stereocenters. The van der Waals surface area contributed by atoms with Crippen LogP contribution in [0.15, 0.2) is 41.4 Å². The molecule has 0 aromatic heterocycles. The maximum atomic E-state index is 12.8. The van der Waals surface area contributed by atoms with Crippen molar-refractivity contribution in [3.8, 4) is 5.75 Å². The highest BCUT2D eigenvalue weighted by atomic mass is 127. The first kappa shape index (κ1) is 23.6. The highest BCUT2D eigenvalue weighted by Gasteiger charge is 2.58. The van der Waals surface area contributed by atoms with Crippen LogP contribution in [0.3, 0.4) is 0 Å². The summed E-state index contributed by atoms with van der Waals surface area (Å²) in [5.41, 5.74) is 1.13. The third-order valence-electron chi connectivity index (χ3n) is 6.66. The number of guanidine groups is 1. The Kier molecular flexibility index (Phi) is 7.61. The molecule has 1 aliphatic heterocycles. The summed E-state index contributed by atoms with van der Waals surface area (Å²) in [6, 6.07) is 7.98. The number of likely N-dealkylation sites (tertiary alicyclic amines) is 1. The third-order valence-corrected chi connectivity index (χ3v) is 6.66. The Bertz CT molecular complexity index is 857. The van der Waals surface area contributed by atoms with Crippen molar-refractivity contribution in [2.75, 3.05) is 33.8 Å². The lowest BCUT2D eigenvalue weighted by Crippen LogP contribution is -2.44. The number of imide groups is 1. The van der Waals surface area contributed by atoms with Crippen LogP contribution in [0.25, 0.3) is 0 Å². The number of methoxy groups -OCH3 is 1. The standard InChI is InChI=1S/C23H30N4O3.HI/c1-14(17-6-4-5-7-18(17)30-3)13-26-23(24-2)25-10-11-27-21(28)19-15-8-9-16(12-15)20(19)22(27)29;/h4-9,14-16,19-20H,10-13H2,1-3H3,(H2,24,25,26);1H. The summed E-state index contributed by atoms with van der Waals surface area (Å²) in [6.07, 6.45) is 5.20. The number of hydrogen-bond acceptors (Lipinski definition) is 4. The average molecular weight is 538 g/mol. The number of ether oxygens (including phenoxy) is 1. The first-order chi connectivity index (χ1) is 14.5. The van der Waals surface area contributed by atoms with E-state index < -0.39 is 0 Å². The van der Waals surface area contributed by atoms with Crippen molar-refractivity contribution in [2.24, 2.45) is 28.7 Å². The van der Waals surface area contributed by atoms with E-state index in [1.165, 1.54) is 4.90 Å². The Labute approximate surface area is 200 Å². The number of para-hydroxylation sites is 1. The highest BCUT2D eigenvalue weighted by molar-refractivity contribution is 14.0. The number of halogens is 1. The lowest BCUT2D eigenvalue weighted by atomic mass is 9.85. The van der Waals surface area contributed by atoms with Gasteiger partial charge in [-0.05, 0) is 29.9 Å². The maximum Gasteiger partial charge on any atom is 0.233 e. The molecule has 7 nitrogen and oxygen atoms in total. The summed E-state index contributed by atoms with van der Waals surface area (Å²) in [4.78, 5) is 31.2. The lowest BCUT2D eigenvalue weighted by molar-refractivity contribution is -0.140. The van der Waals surface area contributed by atoms with Crippen LogP contribution in [0.5, 0.6) is 5.75 Å². The number of carbonyl (C=O) groups is 2. The summed E-state index contributed by atoms with van der Waals surface area (Å²) < 4.78 is 5.44. The molecule has 1 aromatic carbocycles. The molecule has 0 radical (unpaired) electrons. The number of hydrogen-bond donors (Lipinski definition) is 2. The second kappa shape index (κ2) is 10.0. The van der Waals surface area contributed by atoms with Crippen LogP contribution in [-0.2, 0) is 9.59 Å². The smallest absolute Gasteiger partial charge is 0.233 e. The molecule has 1 heterocycles. The molecule has 5 unspecified atom stereocenters. The number of carbonyl (C=O) groups excluding carboxylic acids is 2. The Morgan fingerprint density at radius 3 is 2.42 bits per heavy atom. The van der Waals surface area contributed by atoms with E-state index in [0.29, 0.717) is 25.6 Å². The molecule has 4 rings (SSSR count). The van der Waals surface area contributed by atoms with E-state index in [4.69, 9.17) is 4.74 Å². The fourth-order valence-corrected chi connectivity index (χ4v) is 5.12. The average Bonchev–Trinajstić information content (AvgIpc) is 3.45. The fourth-order valence-electron chi connectivity index (χ4n) is 5.12. The number of allylic oxidation sites excluding steroid dienone is 2. The summed E-state index contributed by atoms with van der Waals surface area (Å²) in [6.45, 7) is 3.65. The summed E-state index contributed by atoms with van der Waals surface area (Å²) in [7, 11) is 3.39. The second-order valence-electron chi connectivity index (χ2n) is 8.35. The van der Waals surface area contributed by atoms with Crippen molar-refractivity contribution in [1.82, 2.24) is 15.5 Å². The Hall–Kier alpha value is -2.10. The van der Waals surface area contributed by atoms with Gasteiger partial charge in [0.25, 0.3) is 0 Å². The van der Waals surface area contributed by atoms with Gasteiger partial charge in [-0.1, -0.05) is 37.3 Å². The molecule has 2 N–H and O–H groups in total. The van der Waals surface area contributed by atoms with Gasteiger partial charge in [0, 0.05) is 32.6 Å². The van der Waals surface area contributed by atoms with Crippen molar-refractivity contribution >= 4 is 41.8 Å². The van der Waals surface area contributed by atoms with Gasteiger partial charge in [0.05, 0.1) is 18.9 Å². The molecule has 2 aliphatic carbocycles. The fraction of sp³-hybridized carbons (Fsp3) is 0.522. The largest absolute Gasteiger partial charge is 0.496 e. The van der Waals surface area contributed by atoms with Crippen LogP contribution in [-0.4, -0.2) is 56.5 Å². The van der Waals surface area contributed by atoms with E-state index in [-0.39, 0.29) is 65.4 Å². The molecule has 1 aromatic rings. The molecule has 2 bridgehead atoms. The lowest BCUT2D eigenvalue weighted by Gasteiger charge is -2.20. The zero-order valence-electron chi connectivity index (χ0n) is 18.2. The predicted molar refractivity (Wildman–Crippen MR) is 131 cm³/mol. The number of nitrogens with zero attached hydrogens (tertiary/aromatic N) is 2. The van der Waals surface area contributed by atoms with E-state index in [2.05, 4.69) is 40.8 Å². The first-order valence-electron chi connectivity index (χ1n) is 10.7. The van der Waals surface area contributed by atoms with Crippen LogP contribution < -0.4 is 15.4 Å². The minimum Gasteiger partial charge on any atom is -0.496 e. The van der Waals surface area contributed by atoms with Crippen molar-refractivity contribution in [1.29, 1.82) is 0 Å². The van der Waals surface area contributed by atoms with E-state index in [1.54, 1.807) is 14.2 Å². The van der Waals surface area contributed by atoms with Crippen LogP contribution in [0, 0.1) is 23.7 Å². The second-order valence-corrected chi connectivity index (χ2v) is 8.35. The minimum absolute atomic E-state index is 0. The van der Waals surface area contributed by atoms with Gasteiger partial charge in [0.2, 0.25) is 11.8 Å². The van der Waals surface area contributed by atoms with Crippen LogP contribution in [0.1, 0.15) is 24.8 Å². The molecule has 31 heavy (non-hydrogen) atoms. The Balaban J connectivity index is 0.00000272. The van der Waals surface area contributed by atoms with Gasteiger partial charge in [-0.2, -0.15) is 0 Å². The van der Waals surface area contributed by atoms with Gasteiger partial charge in [-0.15, -0.1) is 24.0 Å². The molecule has 3 aliphatic rings. The molecular weight excluding hydrogens is 507 g/mol. The number of rotatable bonds is 7. The van der Waals surface area contributed by atoms with E-state index in [1.807, 2.05) is 18.2 Å². The zero-order valence-corrected chi connectivity index (χ0v) is 20.5. The highest BCUT2D eigenvalue weighted by Crippen LogP contribution is 2.52. The summed E-state index contributed by atoms with van der Waals surface area (Å²) in [5, 5.41) is 6.54. The molecule has 2 fully saturated rings. The molecule has 8 heteroatoms. The number of fused-ring (bicyclic) bond motifs is 5. The quantitative estimate of drug-likeness (QED) is 0.183. The molecule has 1 saturated heterocycles.